The van der Waals surface area contributed by atoms with Crippen molar-refractivity contribution in [2.45, 2.75) is 6.92 Å². The van der Waals surface area contributed by atoms with Crippen LogP contribution in [0.25, 0.3) is 0 Å². The third-order valence-corrected chi connectivity index (χ3v) is 1.46. The zero-order chi connectivity index (χ0) is 9.14. The van der Waals surface area contributed by atoms with E-state index in [1.165, 1.54) is 25.1 Å². The lowest BCUT2D eigenvalue weighted by Gasteiger charge is -2.03. The molecular weight excluding hydrogens is 183 g/mol. The summed E-state index contributed by atoms with van der Waals surface area (Å²) in [5.41, 5.74) is 0. The van der Waals surface area contributed by atoms with Gasteiger partial charge in [0.1, 0.15) is 0 Å². The standard InChI is InChI=1S/C8H6ClFO2/c1-5(11)12-8-6(9)3-2-4-7(8)10/h2-4H,1H3. The maximum atomic E-state index is 12.8. The highest BCUT2D eigenvalue weighted by atomic mass is 35.5. The number of carbonyl (C=O) groups excluding carboxylic acids is 1. The Labute approximate surface area is 73.9 Å². The Balaban J connectivity index is 3.04. The Morgan fingerprint density at radius 3 is 2.75 bits per heavy atom. The first-order chi connectivity index (χ1) is 5.61. The van der Waals surface area contributed by atoms with Gasteiger partial charge in [0.2, 0.25) is 0 Å². The van der Waals surface area contributed by atoms with Crippen molar-refractivity contribution in [1.29, 1.82) is 0 Å². The minimum absolute atomic E-state index is 0.0881. The first-order valence-corrected chi connectivity index (χ1v) is 3.61. The molecule has 1 aromatic rings. The van der Waals surface area contributed by atoms with E-state index in [-0.39, 0.29) is 10.8 Å². The van der Waals surface area contributed by atoms with Crippen LogP contribution >= 0.6 is 11.6 Å². The highest BCUT2D eigenvalue weighted by Crippen LogP contribution is 2.26. The summed E-state index contributed by atoms with van der Waals surface area (Å²) in [6, 6.07) is 4.05. The predicted octanol–water partition coefficient (Wildman–Crippen LogP) is 2.40. The summed E-state index contributed by atoms with van der Waals surface area (Å²) in [7, 11) is 0. The van der Waals surface area contributed by atoms with E-state index in [0.717, 1.165) is 0 Å². The first-order valence-electron chi connectivity index (χ1n) is 3.23. The van der Waals surface area contributed by atoms with Crippen LogP contribution in [-0.2, 0) is 4.79 Å². The summed E-state index contributed by atoms with van der Waals surface area (Å²) < 4.78 is 17.4. The van der Waals surface area contributed by atoms with Gasteiger partial charge in [0.05, 0.1) is 5.02 Å². The Hall–Kier alpha value is -1.09. The number of hydrogen-bond acceptors (Lipinski definition) is 2. The largest absolute Gasteiger partial charge is 0.422 e. The maximum Gasteiger partial charge on any atom is 0.308 e. The summed E-state index contributed by atoms with van der Waals surface area (Å²) >= 11 is 5.56. The van der Waals surface area contributed by atoms with Gasteiger partial charge in [0.15, 0.2) is 11.6 Å². The molecule has 0 atom stereocenters. The normalized spacial score (nSPS) is 9.58. The second-order valence-corrected chi connectivity index (χ2v) is 2.55. The van der Waals surface area contributed by atoms with Crippen LogP contribution in [0.4, 0.5) is 4.39 Å². The monoisotopic (exact) mass is 188 g/mol. The molecule has 1 rings (SSSR count). The molecule has 1 aromatic carbocycles. The minimum Gasteiger partial charge on any atom is -0.422 e. The number of hydrogen-bond donors (Lipinski definition) is 0. The summed E-state index contributed by atoms with van der Waals surface area (Å²) in [4.78, 5) is 10.5. The summed E-state index contributed by atoms with van der Waals surface area (Å²) in [6.07, 6.45) is 0. The van der Waals surface area contributed by atoms with E-state index in [1.807, 2.05) is 0 Å². The highest BCUT2D eigenvalue weighted by Gasteiger charge is 2.09. The zero-order valence-electron chi connectivity index (χ0n) is 6.30. The Morgan fingerprint density at radius 2 is 2.25 bits per heavy atom. The van der Waals surface area contributed by atoms with Crippen LogP contribution in [-0.4, -0.2) is 5.97 Å². The van der Waals surface area contributed by atoms with Crippen molar-refractivity contribution >= 4 is 17.6 Å². The van der Waals surface area contributed by atoms with Crippen LogP contribution in [0, 0.1) is 5.82 Å². The van der Waals surface area contributed by atoms with Crippen molar-refractivity contribution in [1.82, 2.24) is 0 Å². The molecule has 0 aliphatic carbocycles. The van der Waals surface area contributed by atoms with Crippen molar-refractivity contribution in [3.8, 4) is 5.75 Å². The van der Waals surface area contributed by atoms with Crippen LogP contribution in [0.3, 0.4) is 0 Å². The lowest BCUT2D eigenvalue weighted by atomic mass is 10.3. The Kier molecular flexibility index (Phi) is 2.65. The van der Waals surface area contributed by atoms with Crippen LogP contribution in [0.15, 0.2) is 18.2 Å². The Bertz CT molecular complexity index is 292. The molecule has 2 nitrogen and oxygen atoms in total. The van der Waals surface area contributed by atoms with Gasteiger partial charge in [-0.15, -0.1) is 0 Å². The summed E-state index contributed by atoms with van der Waals surface area (Å²) in [5, 5.41) is 0.0881. The molecule has 0 N–H and O–H groups in total. The van der Waals surface area contributed by atoms with E-state index in [1.54, 1.807) is 0 Å². The first kappa shape index (κ1) is 9.00. The van der Waals surface area contributed by atoms with E-state index >= 15 is 0 Å². The molecule has 0 aliphatic rings. The van der Waals surface area contributed by atoms with Gasteiger partial charge in [0, 0.05) is 6.92 Å². The van der Waals surface area contributed by atoms with Gasteiger partial charge in [-0.1, -0.05) is 17.7 Å². The van der Waals surface area contributed by atoms with Crippen molar-refractivity contribution in [2.75, 3.05) is 0 Å². The van der Waals surface area contributed by atoms with Crippen molar-refractivity contribution in [3.63, 3.8) is 0 Å². The van der Waals surface area contributed by atoms with Gasteiger partial charge in [-0.3, -0.25) is 4.79 Å². The molecule has 0 fully saturated rings. The average Bonchev–Trinajstić information content (AvgIpc) is 1.97. The van der Waals surface area contributed by atoms with E-state index in [4.69, 9.17) is 11.6 Å². The molecule has 4 heteroatoms. The van der Waals surface area contributed by atoms with Gasteiger partial charge in [0.25, 0.3) is 0 Å². The summed E-state index contributed by atoms with van der Waals surface area (Å²) in [5.74, 6) is -1.45. The molecule has 0 spiro atoms. The van der Waals surface area contributed by atoms with Crippen LogP contribution in [0.2, 0.25) is 5.02 Å². The number of ether oxygens (including phenoxy) is 1. The predicted molar refractivity (Wildman–Crippen MR) is 42.7 cm³/mol. The third kappa shape index (κ3) is 1.95. The number of para-hydroxylation sites is 1. The second-order valence-electron chi connectivity index (χ2n) is 2.14. The Morgan fingerprint density at radius 1 is 1.58 bits per heavy atom. The fraction of sp³-hybridized carbons (Fsp3) is 0.125. The molecule has 0 heterocycles. The lowest BCUT2D eigenvalue weighted by molar-refractivity contribution is -0.132. The quantitative estimate of drug-likeness (QED) is 0.500. The molecule has 0 radical (unpaired) electrons. The van der Waals surface area contributed by atoms with E-state index < -0.39 is 11.8 Å². The fourth-order valence-electron chi connectivity index (χ4n) is 0.724. The molecule has 0 saturated heterocycles. The van der Waals surface area contributed by atoms with E-state index in [0.29, 0.717) is 0 Å². The van der Waals surface area contributed by atoms with Crippen LogP contribution < -0.4 is 4.74 Å². The minimum atomic E-state index is -0.641. The van der Waals surface area contributed by atoms with Gasteiger partial charge in [-0.05, 0) is 12.1 Å². The molecule has 64 valence electrons. The maximum absolute atomic E-state index is 12.8. The topological polar surface area (TPSA) is 26.3 Å². The molecule has 0 saturated carbocycles. The van der Waals surface area contributed by atoms with Crippen LogP contribution in [0.1, 0.15) is 6.92 Å². The van der Waals surface area contributed by atoms with Crippen molar-refractivity contribution < 1.29 is 13.9 Å². The van der Waals surface area contributed by atoms with Gasteiger partial charge in [-0.2, -0.15) is 0 Å². The van der Waals surface area contributed by atoms with Gasteiger partial charge in [-0.25, -0.2) is 4.39 Å². The molecule has 0 aliphatic heterocycles. The van der Waals surface area contributed by atoms with E-state index in [9.17, 15) is 9.18 Å². The molecule has 0 bridgehead atoms. The number of rotatable bonds is 1. The molecule has 0 amide bonds. The van der Waals surface area contributed by atoms with Crippen molar-refractivity contribution in [3.05, 3.63) is 29.0 Å². The number of esters is 1. The van der Waals surface area contributed by atoms with Crippen LogP contribution in [0.5, 0.6) is 5.75 Å². The smallest absolute Gasteiger partial charge is 0.308 e. The molecule has 0 aromatic heterocycles. The van der Waals surface area contributed by atoms with E-state index in [2.05, 4.69) is 4.74 Å². The summed E-state index contributed by atoms with van der Waals surface area (Å²) in [6.45, 7) is 1.18. The fourth-order valence-corrected chi connectivity index (χ4v) is 0.925. The van der Waals surface area contributed by atoms with Gasteiger partial charge >= 0.3 is 5.97 Å². The van der Waals surface area contributed by atoms with Gasteiger partial charge < -0.3 is 4.74 Å². The average molecular weight is 189 g/mol. The SMILES string of the molecule is CC(=O)Oc1c(F)cccc1Cl. The third-order valence-electron chi connectivity index (χ3n) is 1.16. The number of benzene rings is 1. The zero-order valence-corrected chi connectivity index (χ0v) is 7.06. The molecular formula is C8H6ClFO2. The lowest BCUT2D eigenvalue weighted by Crippen LogP contribution is -2.03. The number of carbonyl (C=O) groups is 1. The molecule has 0 unspecified atom stereocenters. The number of halogens is 2. The van der Waals surface area contributed by atoms with Crippen molar-refractivity contribution in [2.24, 2.45) is 0 Å². The second kappa shape index (κ2) is 3.54. The highest BCUT2D eigenvalue weighted by molar-refractivity contribution is 6.32. The molecule has 12 heavy (non-hydrogen) atoms.